The monoisotopic (exact) mass is 674 g/mol. The van der Waals surface area contributed by atoms with Crippen LogP contribution in [0, 0.1) is 11.3 Å². The highest BCUT2D eigenvalue weighted by Gasteiger charge is 2.52. The van der Waals surface area contributed by atoms with Crippen molar-refractivity contribution in [2.45, 2.75) is 12.3 Å². The van der Waals surface area contributed by atoms with Crippen LogP contribution in [0.2, 0.25) is 0 Å². The molecule has 0 radical (unpaired) electrons. The second kappa shape index (κ2) is 11.8. The molecule has 0 aliphatic heterocycles. The summed E-state index contributed by atoms with van der Waals surface area (Å²) in [7, 11) is 0. The molecular weight excluding hydrogens is 641 g/mol. The largest absolute Gasteiger partial charge is 0.309 e. The molecule has 2 heteroatoms. The van der Waals surface area contributed by atoms with Gasteiger partial charge in [-0.2, -0.15) is 5.26 Å². The first-order valence-electron chi connectivity index (χ1n) is 18.2. The van der Waals surface area contributed by atoms with Crippen molar-refractivity contribution in [2.75, 3.05) is 4.90 Å². The standard InChI is InChI=1S/C51H34N2/c1-3-15-36-35(4-2)40-21-13-26-47(49(40)41-19-6-5-16-37(36)41)53(34-30-28-33(32-52)29-31-34)48-27-14-25-46-50(48)42-20-9-12-24-45(42)51(46)43-22-10-7-17-38(43)39-18-8-11-23-44(39)51/h3-31H,1H2,2H3/b35-4+,36-15+. The highest BCUT2D eigenvalue weighted by Crippen LogP contribution is 2.64. The molecule has 0 N–H and O–H groups in total. The second-order valence-corrected chi connectivity index (χ2v) is 13.8. The number of hydrogen-bond acceptors (Lipinski definition) is 2. The van der Waals surface area contributed by atoms with E-state index in [1.165, 1.54) is 76.5 Å². The number of nitrogens with zero attached hydrogens (tertiary/aromatic N) is 2. The Morgan fingerprint density at radius 2 is 1.09 bits per heavy atom. The van der Waals surface area contributed by atoms with Gasteiger partial charge in [0.1, 0.15) is 0 Å². The van der Waals surface area contributed by atoms with Crippen LogP contribution in [0.4, 0.5) is 17.1 Å². The van der Waals surface area contributed by atoms with Crippen molar-refractivity contribution in [1.29, 1.82) is 5.26 Å². The molecule has 0 saturated carbocycles. The minimum absolute atomic E-state index is 0.462. The van der Waals surface area contributed by atoms with Crippen LogP contribution < -0.4 is 15.3 Å². The molecule has 0 saturated heterocycles. The van der Waals surface area contributed by atoms with Gasteiger partial charge < -0.3 is 4.90 Å². The van der Waals surface area contributed by atoms with Crippen LogP contribution in [-0.4, -0.2) is 0 Å². The quantitative estimate of drug-likeness (QED) is 0.174. The minimum Gasteiger partial charge on any atom is -0.309 e. The Balaban J connectivity index is 1.36. The lowest BCUT2D eigenvalue weighted by molar-refractivity contribution is 0.794. The number of hydrogen-bond donors (Lipinski definition) is 0. The molecule has 0 amide bonds. The predicted molar refractivity (Wildman–Crippen MR) is 221 cm³/mol. The molecule has 248 valence electrons. The SMILES string of the molecule is C=C/C=c1\c(=C/C)c2cccc(N(c3ccc(C#N)cc3)c3cccc4c3-c3ccccc3C43c4ccccc4-c4ccccc43)c2c2ccccc12. The van der Waals surface area contributed by atoms with Crippen LogP contribution in [-0.2, 0) is 5.41 Å². The van der Waals surface area contributed by atoms with Crippen LogP contribution in [0.1, 0.15) is 34.7 Å². The van der Waals surface area contributed by atoms with Crippen molar-refractivity contribution >= 4 is 50.8 Å². The van der Waals surface area contributed by atoms with Gasteiger partial charge in [-0.1, -0.05) is 146 Å². The molecule has 0 atom stereocenters. The Morgan fingerprint density at radius 1 is 0.547 bits per heavy atom. The summed E-state index contributed by atoms with van der Waals surface area (Å²) < 4.78 is 0. The van der Waals surface area contributed by atoms with E-state index >= 15 is 0 Å². The molecule has 2 aliphatic rings. The molecule has 0 bridgehead atoms. The second-order valence-electron chi connectivity index (χ2n) is 13.8. The summed E-state index contributed by atoms with van der Waals surface area (Å²) in [4.78, 5) is 2.42. The summed E-state index contributed by atoms with van der Waals surface area (Å²) in [5.74, 6) is 0. The van der Waals surface area contributed by atoms with E-state index in [4.69, 9.17) is 0 Å². The van der Waals surface area contributed by atoms with Gasteiger partial charge in [-0.3, -0.25) is 0 Å². The first kappa shape index (κ1) is 30.8. The highest BCUT2D eigenvalue weighted by atomic mass is 15.1. The van der Waals surface area contributed by atoms with E-state index < -0.39 is 5.41 Å². The Labute approximate surface area is 309 Å². The van der Waals surface area contributed by atoms with Gasteiger partial charge in [0.05, 0.1) is 28.4 Å². The zero-order valence-corrected chi connectivity index (χ0v) is 29.3. The van der Waals surface area contributed by atoms with Crippen molar-refractivity contribution in [3.63, 3.8) is 0 Å². The first-order valence-corrected chi connectivity index (χ1v) is 18.2. The molecular formula is C51H34N2. The summed E-state index contributed by atoms with van der Waals surface area (Å²) in [6.07, 6.45) is 6.22. The number of fused-ring (bicyclic) bond motifs is 13. The molecule has 0 fully saturated rings. The average molecular weight is 675 g/mol. The third-order valence-corrected chi connectivity index (χ3v) is 11.4. The van der Waals surface area contributed by atoms with Crippen LogP contribution >= 0.6 is 0 Å². The average Bonchev–Trinajstić information content (AvgIpc) is 3.69. The van der Waals surface area contributed by atoms with Crippen LogP contribution in [0.25, 0.3) is 56.0 Å². The summed E-state index contributed by atoms with van der Waals surface area (Å²) in [5, 5.41) is 16.9. The lowest BCUT2D eigenvalue weighted by Crippen LogP contribution is -2.27. The Hall–Kier alpha value is -6.95. The van der Waals surface area contributed by atoms with Gasteiger partial charge in [0.25, 0.3) is 0 Å². The lowest BCUT2D eigenvalue weighted by atomic mass is 9.70. The molecule has 0 unspecified atom stereocenters. The zero-order chi connectivity index (χ0) is 35.7. The smallest absolute Gasteiger partial charge is 0.0991 e. The topological polar surface area (TPSA) is 27.0 Å². The van der Waals surface area contributed by atoms with Crippen molar-refractivity contribution < 1.29 is 0 Å². The molecule has 1 spiro atoms. The minimum atomic E-state index is -0.462. The number of allylic oxidation sites excluding steroid dienone is 1. The summed E-state index contributed by atoms with van der Waals surface area (Å²) in [6, 6.07) is 59.4. The first-order chi connectivity index (χ1) is 26.2. The fourth-order valence-electron chi connectivity index (χ4n) is 9.47. The molecule has 8 aromatic rings. The fraction of sp³-hybridized carbons (Fsp3) is 0.0392. The molecule has 53 heavy (non-hydrogen) atoms. The Bertz CT molecular complexity index is 2950. The van der Waals surface area contributed by atoms with Gasteiger partial charge in [0, 0.05) is 16.6 Å². The van der Waals surface area contributed by atoms with Gasteiger partial charge in [-0.05, 0) is 109 Å². The number of rotatable bonds is 4. The van der Waals surface area contributed by atoms with Crippen LogP contribution in [0.5, 0.6) is 0 Å². The highest BCUT2D eigenvalue weighted by molar-refractivity contribution is 6.16. The summed E-state index contributed by atoms with van der Waals surface area (Å²) in [5.41, 5.74) is 13.6. The van der Waals surface area contributed by atoms with Gasteiger partial charge >= 0.3 is 0 Å². The maximum absolute atomic E-state index is 9.83. The normalized spacial score (nSPS) is 13.8. The van der Waals surface area contributed by atoms with E-state index in [9.17, 15) is 5.26 Å². The van der Waals surface area contributed by atoms with E-state index in [1.54, 1.807) is 0 Å². The maximum Gasteiger partial charge on any atom is 0.0991 e. The fourth-order valence-corrected chi connectivity index (χ4v) is 9.47. The van der Waals surface area contributed by atoms with Gasteiger partial charge in [0.2, 0.25) is 0 Å². The maximum atomic E-state index is 9.83. The van der Waals surface area contributed by atoms with Crippen molar-refractivity contribution in [3.05, 3.63) is 209 Å². The predicted octanol–water partition coefficient (Wildman–Crippen LogP) is 11.4. The van der Waals surface area contributed by atoms with Gasteiger partial charge in [-0.25, -0.2) is 0 Å². The van der Waals surface area contributed by atoms with Crippen molar-refractivity contribution in [3.8, 4) is 28.3 Å². The van der Waals surface area contributed by atoms with Gasteiger partial charge in [-0.15, -0.1) is 0 Å². The molecule has 8 aromatic carbocycles. The molecule has 2 aliphatic carbocycles. The molecule has 10 rings (SSSR count). The number of nitriles is 1. The number of benzene rings is 8. The molecule has 0 aromatic heterocycles. The zero-order valence-electron chi connectivity index (χ0n) is 29.3. The Morgan fingerprint density at radius 3 is 1.75 bits per heavy atom. The van der Waals surface area contributed by atoms with E-state index in [2.05, 4.69) is 182 Å². The Kier molecular flexibility index (Phi) is 6.87. The van der Waals surface area contributed by atoms with E-state index in [-0.39, 0.29) is 0 Å². The number of anilines is 3. The van der Waals surface area contributed by atoms with Crippen molar-refractivity contribution in [1.82, 2.24) is 0 Å². The van der Waals surface area contributed by atoms with Gasteiger partial charge in [0.15, 0.2) is 0 Å². The van der Waals surface area contributed by atoms with E-state index in [0.29, 0.717) is 5.56 Å². The molecule has 0 heterocycles. The van der Waals surface area contributed by atoms with E-state index in [0.717, 1.165) is 17.1 Å². The summed E-state index contributed by atoms with van der Waals surface area (Å²) in [6.45, 7) is 6.18. The lowest BCUT2D eigenvalue weighted by Gasteiger charge is -2.32. The van der Waals surface area contributed by atoms with Crippen LogP contribution in [0.3, 0.4) is 0 Å². The van der Waals surface area contributed by atoms with Crippen LogP contribution in [0.15, 0.2) is 170 Å². The van der Waals surface area contributed by atoms with Crippen molar-refractivity contribution in [2.24, 2.45) is 0 Å². The third-order valence-electron chi connectivity index (χ3n) is 11.4. The third kappa shape index (κ3) is 4.14. The summed E-state index contributed by atoms with van der Waals surface area (Å²) >= 11 is 0. The molecule has 2 nitrogen and oxygen atoms in total. The van der Waals surface area contributed by atoms with E-state index in [1.807, 2.05) is 18.2 Å².